The van der Waals surface area contributed by atoms with Gasteiger partial charge in [-0.15, -0.1) is 0 Å². The zero-order valence-electron chi connectivity index (χ0n) is 20.3. The minimum absolute atomic E-state index is 0.123. The third-order valence-corrected chi connectivity index (χ3v) is 9.22. The van der Waals surface area contributed by atoms with E-state index >= 15 is 4.39 Å². The number of halogens is 1. The van der Waals surface area contributed by atoms with Gasteiger partial charge in [-0.3, -0.25) is 24.0 Å². The molecule has 2 aromatic rings. The molecule has 6 rings (SSSR count). The van der Waals surface area contributed by atoms with Crippen molar-refractivity contribution < 1.29 is 14.0 Å². The van der Waals surface area contributed by atoms with Crippen LogP contribution < -0.4 is 16.3 Å². The first-order valence-electron chi connectivity index (χ1n) is 13.0. The number of hydrogen-bond acceptors (Lipinski definition) is 5. The first-order valence-corrected chi connectivity index (χ1v) is 13.0. The van der Waals surface area contributed by atoms with Crippen molar-refractivity contribution in [2.24, 2.45) is 12.5 Å². The summed E-state index contributed by atoms with van der Waals surface area (Å²) in [6, 6.07) is 3.09. The van der Waals surface area contributed by atoms with Gasteiger partial charge in [-0.1, -0.05) is 0 Å². The summed E-state index contributed by atoms with van der Waals surface area (Å²) in [6.07, 6.45) is 7.42. The summed E-state index contributed by atoms with van der Waals surface area (Å²) >= 11 is 0. The van der Waals surface area contributed by atoms with Crippen LogP contribution in [0.1, 0.15) is 68.9 Å². The second kappa shape index (κ2) is 8.55. The first-order chi connectivity index (χ1) is 16.8. The van der Waals surface area contributed by atoms with Crippen molar-refractivity contribution in [3.8, 4) is 0 Å². The molecule has 35 heavy (non-hydrogen) atoms. The summed E-state index contributed by atoms with van der Waals surface area (Å²) in [5, 5.41) is 5.77. The molecule has 1 atom stereocenters. The van der Waals surface area contributed by atoms with Gasteiger partial charge in [0.05, 0.1) is 11.0 Å². The van der Waals surface area contributed by atoms with Gasteiger partial charge in [-0.25, -0.2) is 9.18 Å². The molecule has 0 radical (unpaired) electrons. The molecule has 2 N–H and O–H groups in total. The fourth-order valence-electron chi connectivity index (χ4n) is 7.08. The van der Waals surface area contributed by atoms with Crippen molar-refractivity contribution in [1.82, 2.24) is 24.7 Å². The number of aromatic nitrogens is 2. The molecule has 8 nitrogen and oxygen atoms in total. The van der Waals surface area contributed by atoms with E-state index in [4.69, 9.17) is 0 Å². The van der Waals surface area contributed by atoms with E-state index in [0.717, 1.165) is 39.0 Å². The Hall–Kier alpha value is -2.52. The van der Waals surface area contributed by atoms with E-state index < -0.39 is 11.9 Å². The van der Waals surface area contributed by atoms with Gasteiger partial charge in [0.1, 0.15) is 11.9 Å². The molecule has 4 heterocycles. The smallest absolute Gasteiger partial charge is 0.317 e. The Morgan fingerprint density at radius 2 is 1.71 bits per heavy atom. The van der Waals surface area contributed by atoms with Crippen molar-refractivity contribution in [2.45, 2.75) is 69.4 Å². The number of hydrogen-bond donors (Lipinski definition) is 2. The Balaban J connectivity index is 1.20. The van der Waals surface area contributed by atoms with E-state index in [1.54, 1.807) is 7.05 Å². The van der Waals surface area contributed by atoms with Gasteiger partial charge in [-0.05, 0) is 94.1 Å². The minimum Gasteiger partial charge on any atom is -0.317 e. The zero-order chi connectivity index (χ0) is 24.3. The predicted octanol–water partition coefficient (Wildman–Crippen LogP) is 2.17. The van der Waals surface area contributed by atoms with E-state index in [-0.39, 0.29) is 36.2 Å². The van der Waals surface area contributed by atoms with Gasteiger partial charge in [0.15, 0.2) is 0 Å². The molecular weight excluding hydrogens is 449 g/mol. The van der Waals surface area contributed by atoms with Crippen LogP contribution in [0.5, 0.6) is 0 Å². The lowest BCUT2D eigenvalue weighted by atomic mass is 9.60. The van der Waals surface area contributed by atoms with Crippen LogP contribution in [0.3, 0.4) is 0 Å². The van der Waals surface area contributed by atoms with Crippen LogP contribution >= 0.6 is 0 Å². The summed E-state index contributed by atoms with van der Waals surface area (Å²) in [5.74, 6) is -1.04. The third-order valence-electron chi connectivity index (χ3n) is 9.22. The van der Waals surface area contributed by atoms with Crippen LogP contribution in [0.4, 0.5) is 4.39 Å². The number of imide groups is 1. The number of likely N-dealkylation sites (tertiary alicyclic amines) is 1. The highest BCUT2D eigenvalue weighted by Gasteiger charge is 2.47. The lowest BCUT2D eigenvalue weighted by Gasteiger charge is -2.55. The van der Waals surface area contributed by atoms with Crippen molar-refractivity contribution in [1.29, 1.82) is 0 Å². The van der Waals surface area contributed by atoms with E-state index in [2.05, 4.69) is 15.5 Å². The molecule has 0 bridgehead atoms. The molecule has 1 unspecified atom stereocenters. The summed E-state index contributed by atoms with van der Waals surface area (Å²) in [5.41, 5.74) is 1.90. The van der Waals surface area contributed by atoms with Crippen LogP contribution in [0.2, 0.25) is 0 Å². The Labute approximate surface area is 203 Å². The molecule has 1 aromatic carbocycles. The number of rotatable bonds is 3. The molecule has 4 fully saturated rings. The number of carbonyl (C=O) groups is 2. The molecule has 188 valence electrons. The summed E-state index contributed by atoms with van der Waals surface area (Å²) in [4.78, 5) is 39.6. The third kappa shape index (κ3) is 3.83. The number of benzene rings is 1. The van der Waals surface area contributed by atoms with Gasteiger partial charge < -0.3 is 10.2 Å². The lowest BCUT2D eigenvalue weighted by Crippen LogP contribution is -2.55. The molecule has 3 aliphatic heterocycles. The Morgan fingerprint density at radius 1 is 1.00 bits per heavy atom. The standard InChI is InChI=1S/C26H34FN5O3/c1-30-21-12-18(16-4-10-31(11-5-16)17-14-26(15-17)6-8-28-9-7-26)19(27)13-22(21)32(25(30)35)20-2-3-23(33)29-24(20)34/h12-13,16-17,20,28H,2-11,14-15H2,1H3,(H,29,33,34). The lowest BCUT2D eigenvalue weighted by molar-refractivity contribution is -0.135. The van der Waals surface area contributed by atoms with Crippen molar-refractivity contribution in [2.75, 3.05) is 26.2 Å². The van der Waals surface area contributed by atoms with Gasteiger partial charge >= 0.3 is 5.69 Å². The van der Waals surface area contributed by atoms with E-state index in [9.17, 15) is 14.4 Å². The molecule has 2 amide bonds. The van der Waals surface area contributed by atoms with Crippen molar-refractivity contribution in [3.63, 3.8) is 0 Å². The van der Waals surface area contributed by atoms with Gasteiger partial charge in [0.2, 0.25) is 11.8 Å². The van der Waals surface area contributed by atoms with Gasteiger partial charge in [0, 0.05) is 25.6 Å². The number of nitrogens with one attached hydrogen (secondary N) is 2. The number of nitrogens with zero attached hydrogens (tertiary/aromatic N) is 3. The number of piperidine rings is 3. The maximum atomic E-state index is 15.4. The molecule has 9 heteroatoms. The first kappa shape index (κ1) is 22.9. The number of carbonyl (C=O) groups excluding carboxylic acids is 2. The average Bonchev–Trinajstić information content (AvgIpc) is 3.07. The highest BCUT2D eigenvalue weighted by molar-refractivity contribution is 6.00. The van der Waals surface area contributed by atoms with Crippen LogP contribution in [0.15, 0.2) is 16.9 Å². The zero-order valence-corrected chi connectivity index (χ0v) is 20.3. The average molecular weight is 484 g/mol. The maximum Gasteiger partial charge on any atom is 0.329 e. The second-order valence-corrected chi connectivity index (χ2v) is 11.2. The van der Waals surface area contributed by atoms with Crippen LogP contribution in [-0.4, -0.2) is 58.1 Å². The van der Waals surface area contributed by atoms with Gasteiger partial charge in [0.25, 0.3) is 0 Å². The SMILES string of the molecule is Cn1c(=O)n(C2CCC(=O)NC2=O)c2cc(F)c(C3CCN(C4CC5(CCNCC5)C4)CC3)cc21. The second-order valence-electron chi connectivity index (χ2n) is 11.2. The number of aryl methyl sites for hydroxylation is 1. The predicted molar refractivity (Wildman–Crippen MR) is 130 cm³/mol. The molecule has 1 aliphatic carbocycles. The van der Waals surface area contributed by atoms with E-state index in [0.29, 0.717) is 28.1 Å². The summed E-state index contributed by atoms with van der Waals surface area (Å²) in [7, 11) is 1.66. The normalized spacial score (nSPS) is 26.3. The summed E-state index contributed by atoms with van der Waals surface area (Å²) < 4.78 is 18.3. The molecule has 1 aromatic heterocycles. The number of imidazole rings is 1. The molecular formula is C26H34FN5O3. The largest absolute Gasteiger partial charge is 0.329 e. The summed E-state index contributed by atoms with van der Waals surface area (Å²) in [6.45, 7) is 4.25. The highest BCUT2D eigenvalue weighted by atomic mass is 19.1. The maximum absolute atomic E-state index is 15.4. The molecule has 3 saturated heterocycles. The van der Waals surface area contributed by atoms with Crippen LogP contribution in [0.25, 0.3) is 11.0 Å². The number of amides is 2. The Bertz CT molecular complexity index is 1230. The molecule has 4 aliphatic rings. The Morgan fingerprint density at radius 3 is 2.40 bits per heavy atom. The number of fused-ring (bicyclic) bond motifs is 1. The fraction of sp³-hybridized carbons (Fsp3) is 0.654. The monoisotopic (exact) mass is 483 g/mol. The highest BCUT2D eigenvalue weighted by Crippen LogP contribution is 2.50. The Kier molecular flexibility index (Phi) is 5.60. The van der Waals surface area contributed by atoms with Crippen molar-refractivity contribution in [3.05, 3.63) is 34.0 Å². The topological polar surface area (TPSA) is 88.4 Å². The van der Waals surface area contributed by atoms with Crippen LogP contribution in [0, 0.1) is 11.2 Å². The van der Waals surface area contributed by atoms with Crippen LogP contribution in [-0.2, 0) is 16.6 Å². The molecule has 1 spiro atoms. The minimum atomic E-state index is -0.803. The fourth-order valence-corrected chi connectivity index (χ4v) is 7.08. The van der Waals surface area contributed by atoms with E-state index in [1.165, 1.54) is 40.9 Å². The van der Waals surface area contributed by atoms with Gasteiger partial charge in [-0.2, -0.15) is 0 Å². The molecule has 1 saturated carbocycles. The van der Waals surface area contributed by atoms with Crippen molar-refractivity contribution >= 4 is 22.8 Å². The van der Waals surface area contributed by atoms with E-state index in [1.807, 2.05) is 6.07 Å². The quantitative estimate of drug-likeness (QED) is 0.654.